The minimum Gasteiger partial charge on any atom is -0.333 e. The summed E-state index contributed by atoms with van der Waals surface area (Å²) in [6.45, 7) is 9.78. The Kier molecular flexibility index (Phi) is 6.15. The van der Waals surface area contributed by atoms with Crippen LogP contribution in [0.2, 0.25) is 0 Å². The summed E-state index contributed by atoms with van der Waals surface area (Å²) in [7, 11) is 0. The molecule has 0 saturated heterocycles. The van der Waals surface area contributed by atoms with Crippen LogP contribution in [-0.2, 0) is 0 Å². The van der Waals surface area contributed by atoms with Gasteiger partial charge in [-0.1, -0.05) is 13.8 Å². The van der Waals surface area contributed by atoms with Crippen LogP contribution >= 0.6 is 0 Å². The lowest BCUT2D eigenvalue weighted by Gasteiger charge is -2.20. The van der Waals surface area contributed by atoms with Gasteiger partial charge in [0.1, 0.15) is 0 Å². The molecular weight excluding hydrogens is 202 g/mol. The van der Waals surface area contributed by atoms with Crippen molar-refractivity contribution in [3.63, 3.8) is 0 Å². The number of hydrogen-bond donors (Lipinski definition) is 2. The van der Waals surface area contributed by atoms with Gasteiger partial charge in [-0.2, -0.15) is 0 Å². The quantitative estimate of drug-likeness (QED) is 0.769. The molecule has 4 heteroatoms. The van der Waals surface area contributed by atoms with Crippen molar-refractivity contribution in [2.24, 2.45) is 0 Å². The molecule has 90 valence electrons. The molecule has 0 radical (unpaired) electrons. The van der Waals surface area contributed by atoms with Crippen molar-refractivity contribution in [2.75, 3.05) is 5.32 Å². The summed E-state index contributed by atoms with van der Waals surface area (Å²) >= 11 is 0. The number of pyridine rings is 1. The molecule has 0 fully saturated rings. The number of amides is 2. The van der Waals surface area contributed by atoms with E-state index < -0.39 is 0 Å². The second kappa shape index (κ2) is 6.82. The highest BCUT2D eigenvalue weighted by molar-refractivity contribution is 5.89. The Balaban J connectivity index is 0.00000106. The van der Waals surface area contributed by atoms with E-state index in [4.69, 9.17) is 0 Å². The molecule has 0 saturated carbocycles. The van der Waals surface area contributed by atoms with E-state index in [0.29, 0.717) is 5.69 Å². The Hall–Kier alpha value is -1.58. The normalized spacial score (nSPS) is 9.81. The van der Waals surface area contributed by atoms with Crippen molar-refractivity contribution in [2.45, 2.75) is 40.2 Å². The maximum absolute atomic E-state index is 11.4. The molecule has 1 heterocycles. The summed E-state index contributed by atoms with van der Waals surface area (Å²) in [5, 5.41) is 5.48. The first-order valence-electron chi connectivity index (χ1n) is 5.46. The molecule has 4 nitrogen and oxygen atoms in total. The maximum Gasteiger partial charge on any atom is 0.319 e. The Bertz CT molecular complexity index is 304. The second-order valence-electron chi connectivity index (χ2n) is 4.07. The maximum atomic E-state index is 11.4. The first-order valence-corrected chi connectivity index (χ1v) is 5.46. The van der Waals surface area contributed by atoms with Crippen molar-refractivity contribution >= 4 is 11.7 Å². The molecule has 0 spiro atoms. The molecule has 2 N–H and O–H groups in total. The zero-order valence-electron chi connectivity index (χ0n) is 10.7. The lowest BCUT2D eigenvalue weighted by molar-refractivity contribution is 0.244. The van der Waals surface area contributed by atoms with Crippen LogP contribution in [0.15, 0.2) is 24.5 Å². The van der Waals surface area contributed by atoms with E-state index in [-0.39, 0.29) is 11.6 Å². The van der Waals surface area contributed by atoms with Crippen molar-refractivity contribution in [1.29, 1.82) is 0 Å². The Morgan fingerprint density at radius 3 is 2.38 bits per heavy atom. The van der Waals surface area contributed by atoms with Crippen molar-refractivity contribution in [1.82, 2.24) is 10.3 Å². The van der Waals surface area contributed by atoms with Gasteiger partial charge in [-0.05, 0) is 32.9 Å². The average molecular weight is 223 g/mol. The predicted molar refractivity (Wildman–Crippen MR) is 67.5 cm³/mol. The SMILES string of the molecule is CC.CC(C)(C)NC(=O)Nc1cccnc1. The van der Waals surface area contributed by atoms with Crippen LogP contribution in [0.5, 0.6) is 0 Å². The highest BCUT2D eigenvalue weighted by Crippen LogP contribution is 2.04. The van der Waals surface area contributed by atoms with Gasteiger partial charge in [0, 0.05) is 11.7 Å². The third-order valence-electron chi connectivity index (χ3n) is 1.41. The van der Waals surface area contributed by atoms with Gasteiger partial charge in [0.05, 0.1) is 11.9 Å². The van der Waals surface area contributed by atoms with Crippen molar-refractivity contribution < 1.29 is 4.79 Å². The summed E-state index contributed by atoms with van der Waals surface area (Å²) in [5.41, 5.74) is 0.459. The minimum atomic E-state index is -0.230. The van der Waals surface area contributed by atoms with E-state index >= 15 is 0 Å². The number of urea groups is 1. The third kappa shape index (κ3) is 6.81. The van der Waals surface area contributed by atoms with Gasteiger partial charge < -0.3 is 10.6 Å². The first kappa shape index (κ1) is 14.4. The van der Waals surface area contributed by atoms with E-state index in [1.807, 2.05) is 34.6 Å². The number of aromatic nitrogens is 1. The van der Waals surface area contributed by atoms with Crippen LogP contribution < -0.4 is 10.6 Å². The van der Waals surface area contributed by atoms with E-state index in [2.05, 4.69) is 15.6 Å². The van der Waals surface area contributed by atoms with Crippen molar-refractivity contribution in [3.8, 4) is 0 Å². The van der Waals surface area contributed by atoms with Crippen LogP contribution in [0.3, 0.4) is 0 Å². The lowest BCUT2D eigenvalue weighted by atomic mass is 10.1. The number of carbonyl (C=O) groups excluding carboxylic acids is 1. The molecule has 0 unspecified atom stereocenters. The molecule has 1 aromatic rings. The summed E-state index contributed by atoms with van der Waals surface area (Å²) in [4.78, 5) is 15.3. The lowest BCUT2D eigenvalue weighted by Crippen LogP contribution is -2.43. The number of rotatable bonds is 1. The van der Waals surface area contributed by atoms with Gasteiger partial charge in [-0.15, -0.1) is 0 Å². The monoisotopic (exact) mass is 223 g/mol. The van der Waals surface area contributed by atoms with Gasteiger partial charge in [-0.25, -0.2) is 4.79 Å². The fraction of sp³-hybridized carbons (Fsp3) is 0.500. The molecule has 0 aliphatic heterocycles. The molecule has 0 atom stereocenters. The standard InChI is InChI=1S/C10H15N3O.C2H6/c1-10(2,3)13-9(14)12-8-5-4-6-11-7-8;1-2/h4-7H,1-3H3,(H2,12,13,14);1-2H3. The molecule has 2 amide bonds. The second-order valence-corrected chi connectivity index (χ2v) is 4.07. The largest absolute Gasteiger partial charge is 0.333 e. The summed E-state index contributed by atoms with van der Waals surface area (Å²) in [6.07, 6.45) is 3.26. The zero-order valence-corrected chi connectivity index (χ0v) is 10.7. The first-order chi connectivity index (χ1) is 7.47. The van der Waals surface area contributed by atoms with Crippen LogP contribution in [0.4, 0.5) is 10.5 Å². The van der Waals surface area contributed by atoms with Gasteiger partial charge >= 0.3 is 6.03 Å². The molecule has 1 rings (SSSR count). The molecular formula is C12H21N3O. The van der Waals surface area contributed by atoms with E-state index in [1.54, 1.807) is 24.5 Å². The van der Waals surface area contributed by atoms with Gasteiger partial charge in [0.25, 0.3) is 0 Å². The van der Waals surface area contributed by atoms with E-state index in [1.165, 1.54) is 0 Å². The van der Waals surface area contributed by atoms with Gasteiger partial charge in [0.2, 0.25) is 0 Å². The molecule has 0 bridgehead atoms. The summed E-state index contributed by atoms with van der Waals surface area (Å²) < 4.78 is 0. The molecule has 0 aliphatic rings. The fourth-order valence-electron chi connectivity index (χ4n) is 0.940. The number of anilines is 1. The smallest absolute Gasteiger partial charge is 0.319 e. The number of nitrogens with one attached hydrogen (secondary N) is 2. The average Bonchev–Trinajstić information content (AvgIpc) is 2.19. The topological polar surface area (TPSA) is 54.0 Å². The zero-order chi connectivity index (χ0) is 12.6. The van der Waals surface area contributed by atoms with Crippen molar-refractivity contribution in [3.05, 3.63) is 24.5 Å². The number of hydrogen-bond acceptors (Lipinski definition) is 2. The Labute approximate surface area is 97.5 Å². The van der Waals surface area contributed by atoms with E-state index in [0.717, 1.165) is 0 Å². The third-order valence-corrected chi connectivity index (χ3v) is 1.41. The Morgan fingerprint density at radius 2 is 1.94 bits per heavy atom. The Morgan fingerprint density at radius 1 is 1.31 bits per heavy atom. The molecule has 0 aromatic carbocycles. The van der Waals surface area contributed by atoms with Crippen LogP contribution in [-0.4, -0.2) is 16.6 Å². The summed E-state index contributed by atoms with van der Waals surface area (Å²) in [5.74, 6) is 0. The highest BCUT2D eigenvalue weighted by atomic mass is 16.2. The van der Waals surface area contributed by atoms with Gasteiger partial charge in [0.15, 0.2) is 0 Å². The minimum absolute atomic E-state index is 0.217. The van der Waals surface area contributed by atoms with E-state index in [9.17, 15) is 4.79 Å². The fourth-order valence-corrected chi connectivity index (χ4v) is 0.940. The molecule has 16 heavy (non-hydrogen) atoms. The highest BCUT2D eigenvalue weighted by Gasteiger charge is 2.13. The number of nitrogens with zero attached hydrogens (tertiary/aromatic N) is 1. The van der Waals surface area contributed by atoms with Crippen LogP contribution in [0.25, 0.3) is 0 Å². The van der Waals surface area contributed by atoms with Crippen LogP contribution in [0, 0.1) is 0 Å². The molecule has 1 aromatic heterocycles. The van der Waals surface area contributed by atoms with Crippen LogP contribution in [0.1, 0.15) is 34.6 Å². The number of carbonyl (C=O) groups is 1. The predicted octanol–water partition coefficient (Wildman–Crippen LogP) is 3.03. The van der Waals surface area contributed by atoms with Gasteiger partial charge in [-0.3, -0.25) is 4.98 Å². The molecule has 0 aliphatic carbocycles. The summed E-state index contributed by atoms with van der Waals surface area (Å²) in [6, 6.07) is 3.34.